The molecule has 0 unspecified atom stereocenters. The molecule has 0 aliphatic rings. The lowest BCUT2D eigenvalue weighted by atomic mass is 9.75. The van der Waals surface area contributed by atoms with Crippen LogP contribution in [0.3, 0.4) is 0 Å². The molecular formula is C19H15F3N2. The van der Waals surface area contributed by atoms with Crippen LogP contribution in [0.2, 0.25) is 0 Å². The van der Waals surface area contributed by atoms with Crippen LogP contribution in [0.1, 0.15) is 18.1 Å². The van der Waals surface area contributed by atoms with Gasteiger partial charge in [0, 0.05) is 34.2 Å². The number of halogens is 3. The minimum absolute atomic E-state index is 0.232. The third kappa shape index (κ3) is 1.90. The Hall–Kier alpha value is -2.69. The van der Waals surface area contributed by atoms with Crippen LogP contribution < -0.4 is 0 Å². The molecule has 0 saturated carbocycles. The minimum Gasteiger partial charge on any atom is -0.361 e. The normalized spacial score (nSPS) is 13.0. The summed E-state index contributed by atoms with van der Waals surface area (Å²) < 4.78 is 42.8. The Morgan fingerprint density at radius 1 is 0.708 bits per heavy atom. The number of aromatic amines is 2. The molecule has 2 nitrogen and oxygen atoms in total. The summed E-state index contributed by atoms with van der Waals surface area (Å²) in [5.74, 6) is 0. The van der Waals surface area contributed by atoms with Gasteiger partial charge in [-0.25, -0.2) is 0 Å². The van der Waals surface area contributed by atoms with Gasteiger partial charge in [0.05, 0.1) is 0 Å². The molecule has 4 rings (SSSR count). The average molecular weight is 328 g/mol. The Kier molecular flexibility index (Phi) is 3.04. The summed E-state index contributed by atoms with van der Waals surface area (Å²) in [5, 5.41) is 1.17. The highest BCUT2D eigenvalue weighted by Crippen LogP contribution is 2.49. The number of aromatic nitrogens is 2. The molecule has 0 saturated heterocycles. The lowest BCUT2D eigenvalue weighted by Gasteiger charge is -2.32. The summed E-state index contributed by atoms with van der Waals surface area (Å²) in [6.45, 7) is 1.25. The molecule has 0 aliphatic heterocycles. The second kappa shape index (κ2) is 4.90. The molecule has 0 radical (unpaired) electrons. The number of H-pyrrole nitrogens is 2. The molecule has 0 aliphatic carbocycles. The van der Waals surface area contributed by atoms with E-state index in [0.717, 1.165) is 0 Å². The van der Waals surface area contributed by atoms with E-state index >= 15 is 0 Å². The maximum absolute atomic E-state index is 14.3. The van der Waals surface area contributed by atoms with Crippen LogP contribution >= 0.6 is 0 Å². The highest BCUT2D eigenvalue weighted by atomic mass is 19.4. The van der Waals surface area contributed by atoms with Gasteiger partial charge in [0.25, 0.3) is 0 Å². The smallest absolute Gasteiger partial charge is 0.361 e. The quantitative estimate of drug-likeness (QED) is 0.486. The Morgan fingerprint density at radius 2 is 1.12 bits per heavy atom. The van der Waals surface area contributed by atoms with E-state index < -0.39 is 11.6 Å². The first kappa shape index (κ1) is 14.9. The predicted octanol–water partition coefficient (Wildman–Crippen LogP) is 5.52. The van der Waals surface area contributed by atoms with Crippen LogP contribution in [0.4, 0.5) is 13.2 Å². The standard InChI is InChI=1S/C19H15F3N2/c1-18(19(20,21)22,14-10-23-16-8-4-2-6-12(14)16)15-11-24-17-9-5-3-7-13(15)17/h2-11,23-24H,1H3. The van der Waals surface area contributed by atoms with Crippen molar-refractivity contribution in [3.63, 3.8) is 0 Å². The average Bonchev–Trinajstić information content (AvgIpc) is 3.18. The largest absolute Gasteiger partial charge is 0.402 e. The topological polar surface area (TPSA) is 31.6 Å². The van der Waals surface area contributed by atoms with Crippen molar-refractivity contribution in [2.75, 3.05) is 0 Å². The second-order valence-electron chi connectivity index (χ2n) is 6.12. The maximum Gasteiger partial charge on any atom is 0.402 e. The van der Waals surface area contributed by atoms with Crippen LogP contribution in [0, 0.1) is 0 Å². The van der Waals surface area contributed by atoms with Crippen LogP contribution in [0.25, 0.3) is 21.8 Å². The molecule has 2 aromatic carbocycles. The van der Waals surface area contributed by atoms with E-state index in [0.29, 0.717) is 21.8 Å². The van der Waals surface area contributed by atoms with Gasteiger partial charge in [0.2, 0.25) is 0 Å². The third-order valence-corrected chi connectivity index (χ3v) is 4.82. The zero-order valence-electron chi connectivity index (χ0n) is 12.9. The molecular weight excluding hydrogens is 313 g/mol. The molecule has 122 valence electrons. The Bertz CT molecular complexity index is 950. The zero-order valence-corrected chi connectivity index (χ0v) is 12.9. The Morgan fingerprint density at radius 3 is 1.54 bits per heavy atom. The van der Waals surface area contributed by atoms with Crippen molar-refractivity contribution in [3.8, 4) is 0 Å². The van der Waals surface area contributed by atoms with E-state index in [1.165, 1.54) is 19.3 Å². The van der Waals surface area contributed by atoms with E-state index in [1.54, 1.807) is 48.5 Å². The van der Waals surface area contributed by atoms with Crippen molar-refractivity contribution in [2.24, 2.45) is 0 Å². The van der Waals surface area contributed by atoms with Crippen molar-refractivity contribution in [1.82, 2.24) is 9.97 Å². The lowest BCUT2D eigenvalue weighted by molar-refractivity contribution is -0.172. The Labute approximate surface area is 136 Å². The highest BCUT2D eigenvalue weighted by Gasteiger charge is 2.55. The molecule has 0 atom stereocenters. The van der Waals surface area contributed by atoms with Gasteiger partial charge in [-0.05, 0) is 30.2 Å². The number of rotatable bonds is 2. The summed E-state index contributed by atoms with van der Waals surface area (Å²) in [7, 11) is 0. The predicted molar refractivity (Wildman–Crippen MR) is 89.1 cm³/mol. The second-order valence-corrected chi connectivity index (χ2v) is 6.12. The van der Waals surface area contributed by atoms with Gasteiger partial charge in [-0.2, -0.15) is 13.2 Å². The molecule has 0 fully saturated rings. The molecule has 2 N–H and O–H groups in total. The van der Waals surface area contributed by atoms with Gasteiger partial charge in [-0.15, -0.1) is 0 Å². The number of fused-ring (bicyclic) bond motifs is 2. The lowest BCUT2D eigenvalue weighted by Crippen LogP contribution is -2.40. The molecule has 5 heteroatoms. The molecule has 0 bridgehead atoms. The van der Waals surface area contributed by atoms with Gasteiger partial charge in [-0.1, -0.05) is 36.4 Å². The summed E-state index contributed by atoms with van der Waals surface area (Å²) in [6, 6.07) is 14.1. The first-order valence-corrected chi connectivity index (χ1v) is 7.63. The molecule has 24 heavy (non-hydrogen) atoms. The number of benzene rings is 2. The van der Waals surface area contributed by atoms with Crippen LogP contribution in [0.15, 0.2) is 60.9 Å². The number of hydrogen-bond acceptors (Lipinski definition) is 0. The van der Waals surface area contributed by atoms with E-state index in [2.05, 4.69) is 9.97 Å². The van der Waals surface area contributed by atoms with Gasteiger partial charge in [0.1, 0.15) is 5.41 Å². The fraction of sp³-hybridized carbons (Fsp3) is 0.158. The van der Waals surface area contributed by atoms with E-state index in [-0.39, 0.29) is 11.1 Å². The monoisotopic (exact) mass is 328 g/mol. The van der Waals surface area contributed by atoms with E-state index in [4.69, 9.17) is 0 Å². The zero-order chi connectivity index (χ0) is 16.9. The summed E-state index contributed by atoms with van der Waals surface area (Å²) in [5.41, 5.74) is -0.261. The molecule has 2 heterocycles. The van der Waals surface area contributed by atoms with Crippen molar-refractivity contribution in [2.45, 2.75) is 18.5 Å². The maximum atomic E-state index is 14.3. The summed E-state index contributed by atoms with van der Waals surface area (Å²) in [6.07, 6.45) is -1.50. The first-order valence-electron chi connectivity index (χ1n) is 7.63. The fourth-order valence-electron chi connectivity index (χ4n) is 3.42. The number of para-hydroxylation sites is 2. The Balaban J connectivity index is 2.07. The van der Waals surface area contributed by atoms with Gasteiger partial charge < -0.3 is 9.97 Å². The highest BCUT2D eigenvalue weighted by molar-refractivity contribution is 5.89. The molecule has 0 spiro atoms. The van der Waals surface area contributed by atoms with Crippen LogP contribution in [-0.2, 0) is 5.41 Å². The van der Waals surface area contributed by atoms with Crippen LogP contribution in [-0.4, -0.2) is 16.1 Å². The SMILES string of the molecule is CC(c1c[nH]c2ccccc12)(c1c[nH]c2ccccc12)C(F)(F)F. The van der Waals surface area contributed by atoms with Gasteiger partial charge in [-0.3, -0.25) is 0 Å². The van der Waals surface area contributed by atoms with Gasteiger partial charge >= 0.3 is 6.18 Å². The molecule has 2 aromatic heterocycles. The number of hydrogen-bond donors (Lipinski definition) is 2. The van der Waals surface area contributed by atoms with Crippen LogP contribution in [0.5, 0.6) is 0 Å². The van der Waals surface area contributed by atoms with Crippen molar-refractivity contribution >= 4 is 21.8 Å². The number of nitrogens with one attached hydrogen (secondary N) is 2. The molecule has 0 amide bonds. The first-order chi connectivity index (χ1) is 11.4. The van der Waals surface area contributed by atoms with Gasteiger partial charge in [0.15, 0.2) is 0 Å². The molecule has 4 aromatic rings. The van der Waals surface area contributed by atoms with E-state index in [1.807, 2.05) is 0 Å². The van der Waals surface area contributed by atoms with Crippen molar-refractivity contribution in [1.29, 1.82) is 0 Å². The minimum atomic E-state index is -4.44. The third-order valence-electron chi connectivity index (χ3n) is 4.82. The van der Waals surface area contributed by atoms with E-state index in [9.17, 15) is 13.2 Å². The summed E-state index contributed by atoms with van der Waals surface area (Å²) in [4.78, 5) is 5.93. The number of alkyl halides is 3. The van der Waals surface area contributed by atoms with Crippen molar-refractivity contribution in [3.05, 3.63) is 72.1 Å². The summed E-state index contributed by atoms with van der Waals surface area (Å²) >= 11 is 0. The van der Waals surface area contributed by atoms with Crippen molar-refractivity contribution < 1.29 is 13.2 Å². The fourth-order valence-corrected chi connectivity index (χ4v) is 3.42.